The molecule has 2 rings (SSSR count). The molecule has 1 atom stereocenters. The molecule has 2 aliphatic heterocycles. The molecular formula is C18H37N5. The molecule has 5 nitrogen and oxygen atoms in total. The summed E-state index contributed by atoms with van der Waals surface area (Å²) in [5, 5.41) is 6.96. The third kappa shape index (κ3) is 6.68. The highest BCUT2D eigenvalue weighted by molar-refractivity contribution is 5.79. The first-order valence-corrected chi connectivity index (χ1v) is 9.60. The van der Waals surface area contributed by atoms with Crippen LogP contribution in [0.15, 0.2) is 4.99 Å². The lowest BCUT2D eigenvalue weighted by atomic mass is 9.99. The smallest absolute Gasteiger partial charge is 0.190 e. The second-order valence-electron chi connectivity index (χ2n) is 7.31. The Morgan fingerprint density at radius 1 is 1.09 bits per heavy atom. The molecular weight excluding hydrogens is 286 g/mol. The molecule has 134 valence electrons. The van der Waals surface area contributed by atoms with E-state index in [1.165, 1.54) is 65.0 Å². The largest absolute Gasteiger partial charge is 0.356 e. The van der Waals surface area contributed by atoms with Crippen molar-refractivity contribution in [3.63, 3.8) is 0 Å². The molecule has 0 aliphatic carbocycles. The number of nitrogens with zero attached hydrogens (tertiary/aromatic N) is 3. The average Bonchev–Trinajstić information content (AvgIpc) is 3.04. The van der Waals surface area contributed by atoms with Gasteiger partial charge in [-0.1, -0.05) is 13.8 Å². The van der Waals surface area contributed by atoms with E-state index in [4.69, 9.17) is 0 Å². The SMILES string of the molecule is CCN1CCC(CNC(=NC)NCCCN2CCC(C)CC2)C1. The molecule has 0 amide bonds. The van der Waals surface area contributed by atoms with Crippen LogP contribution in [0.4, 0.5) is 0 Å². The van der Waals surface area contributed by atoms with Gasteiger partial charge in [0.15, 0.2) is 5.96 Å². The first kappa shape index (κ1) is 18.5. The summed E-state index contributed by atoms with van der Waals surface area (Å²) in [4.78, 5) is 9.49. The van der Waals surface area contributed by atoms with Gasteiger partial charge in [0.1, 0.15) is 0 Å². The predicted molar refractivity (Wildman–Crippen MR) is 99.0 cm³/mol. The lowest BCUT2D eigenvalue weighted by Crippen LogP contribution is -2.41. The van der Waals surface area contributed by atoms with Gasteiger partial charge in [-0.2, -0.15) is 0 Å². The predicted octanol–water partition coefficient (Wildman–Crippen LogP) is 1.62. The van der Waals surface area contributed by atoms with Crippen LogP contribution in [0.1, 0.15) is 39.5 Å². The molecule has 23 heavy (non-hydrogen) atoms. The summed E-state index contributed by atoms with van der Waals surface area (Å²) < 4.78 is 0. The Hall–Kier alpha value is -0.810. The van der Waals surface area contributed by atoms with Crippen molar-refractivity contribution in [2.24, 2.45) is 16.8 Å². The Morgan fingerprint density at radius 3 is 2.48 bits per heavy atom. The highest BCUT2D eigenvalue weighted by Gasteiger charge is 2.21. The Bertz CT molecular complexity index is 349. The number of nitrogens with one attached hydrogen (secondary N) is 2. The van der Waals surface area contributed by atoms with Crippen LogP contribution in [0.2, 0.25) is 0 Å². The lowest BCUT2D eigenvalue weighted by molar-refractivity contribution is 0.191. The standard InChI is InChI=1S/C18H37N5/c1-4-22-13-8-17(15-22)14-21-18(19-3)20-9-5-10-23-11-6-16(2)7-12-23/h16-17H,4-15H2,1-3H3,(H2,19,20,21). The van der Waals surface area contributed by atoms with Crippen LogP contribution < -0.4 is 10.6 Å². The van der Waals surface area contributed by atoms with Gasteiger partial charge in [0.2, 0.25) is 0 Å². The molecule has 0 aromatic rings. The third-order valence-corrected chi connectivity index (χ3v) is 5.42. The van der Waals surface area contributed by atoms with Gasteiger partial charge in [-0.05, 0) is 70.2 Å². The normalized spacial score (nSPS) is 25.0. The number of piperidine rings is 1. The highest BCUT2D eigenvalue weighted by atomic mass is 15.2. The topological polar surface area (TPSA) is 42.9 Å². The van der Waals surface area contributed by atoms with E-state index in [0.29, 0.717) is 0 Å². The zero-order chi connectivity index (χ0) is 16.5. The number of guanidine groups is 1. The van der Waals surface area contributed by atoms with Crippen molar-refractivity contribution in [3.05, 3.63) is 0 Å². The van der Waals surface area contributed by atoms with E-state index < -0.39 is 0 Å². The van der Waals surface area contributed by atoms with Crippen LogP contribution in [-0.4, -0.2) is 75.2 Å². The summed E-state index contributed by atoms with van der Waals surface area (Å²) in [7, 11) is 1.87. The van der Waals surface area contributed by atoms with Crippen LogP contribution in [0.3, 0.4) is 0 Å². The quantitative estimate of drug-likeness (QED) is 0.424. The summed E-state index contributed by atoms with van der Waals surface area (Å²) >= 11 is 0. The molecule has 2 saturated heterocycles. The molecule has 0 aromatic carbocycles. The van der Waals surface area contributed by atoms with Crippen LogP contribution in [-0.2, 0) is 0 Å². The van der Waals surface area contributed by atoms with E-state index in [-0.39, 0.29) is 0 Å². The number of hydrogen-bond donors (Lipinski definition) is 2. The lowest BCUT2D eigenvalue weighted by Gasteiger charge is -2.30. The Labute approximate surface area is 142 Å². The van der Waals surface area contributed by atoms with Crippen LogP contribution in [0, 0.1) is 11.8 Å². The monoisotopic (exact) mass is 323 g/mol. The van der Waals surface area contributed by atoms with Crippen molar-refractivity contribution in [3.8, 4) is 0 Å². The summed E-state index contributed by atoms with van der Waals surface area (Å²) in [5.74, 6) is 2.66. The fourth-order valence-corrected chi connectivity index (χ4v) is 3.62. The van der Waals surface area contributed by atoms with Gasteiger partial charge in [0.25, 0.3) is 0 Å². The van der Waals surface area contributed by atoms with E-state index in [1.54, 1.807) is 0 Å². The number of aliphatic imine (C=N–C) groups is 1. The highest BCUT2D eigenvalue weighted by Crippen LogP contribution is 2.16. The van der Waals surface area contributed by atoms with Gasteiger partial charge in [0.05, 0.1) is 0 Å². The Balaban J connectivity index is 1.53. The summed E-state index contributed by atoms with van der Waals surface area (Å²) in [5.41, 5.74) is 0. The van der Waals surface area contributed by atoms with Crippen LogP contribution in [0.25, 0.3) is 0 Å². The van der Waals surface area contributed by atoms with E-state index in [0.717, 1.165) is 30.9 Å². The minimum absolute atomic E-state index is 0.767. The second-order valence-corrected chi connectivity index (χ2v) is 7.31. The van der Waals surface area contributed by atoms with Crippen molar-refractivity contribution in [1.82, 2.24) is 20.4 Å². The van der Waals surface area contributed by atoms with Gasteiger partial charge in [-0.3, -0.25) is 4.99 Å². The molecule has 5 heteroatoms. The minimum atomic E-state index is 0.767. The van der Waals surface area contributed by atoms with Gasteiger partial charge in [-0.25, -0.2) is 0 Å². The maximum atomic E-state index is 4.35. The van der Waals surface area contributed by atoms with Crippen molar-refractivity contribution in [2.45, 2.75) is 39.5 Å². The number of hydrogen-bond acceptors (Lipinski definition) is 3. The zero-order valence-electron chi connectivity index (χ0n) is 15.5. The summed E-state index contributed by atoms with van der Waals surface area (Å²) in [6.07, 6.45) is 5.24. The summed E-state index contributed by atoms with van der Waals surface area (Å²) in [6.45, 7) is 14.1. The molecule has 1 unspecified atom stereocenters. The molecule has 0 radical (unpaired) electrons. The summed E-state index contributed by atoms with van der Waals surface area (Å²) in [6, 6.07) is 0. The molecule has 2 aliphatic rings. The van der Waals surface area contributed by atoms with Crippen molar-refractivity contribution < 1.29 is 0 Å². The number of likely N-dealkylation sites (tertiary alicyclic amines) is 2. The Kier molecular flexibility index (Phi) is 8.17. The first-order valence-electron chi connectivity index (χ1n) is 9.60. The van der Waals surface area contributed by atoms with Crippen LogP contribution >= 0.6 is 0 Å². The van der Waals surface area contributed by atoms with E-state index in [1.807, 2.05) is 7.05 Å². The van der Waals surface area contributed by atoms with E-state index >= 15 is 0 Å². The molecule has 0 spiro atoms. The van der Waals surface area contributed by atoms with Crippen LogP contribution in [0.5, 0.6) is 0 Å². The first-order chi connectivity index (χ1) is 11.2. The Morgan fingerprint density at radius 2 is 1.83 bits per heavy atom. The molecule has 0 saturated carbocycles. The fraction of sp³-hybridized carbons (Fsp3) is 0.944. The zero-order valence-corrected chi connectivity index (χ0v) is 15.5. The van der Waals surface area contributed by atoms with Crippen molar-refractivity contribution in [1.29, 1.82) is 0 Å². The van der Waals surface area contributed by atoms with Gasteiger partial charge < -0.3 is 20.4 Å². The molecule has 0 aromatic heterocycles. The van der Waals surface area contributed by atoms with E-state index in [9.17, 15) is 0 Å². The third-order valence-electron chi connectivity index (χ3n) is 5.42. The van der Waals surface area contributed by atoms with Gasteiger partial charge >= 0.3 is 0 Å². The molecule has 2 heterocycles. The molecule has 0 bridgehead atoms. The number of rotatable bonds is 7. The van der Waals surface area contributed by atoms with Gasteiger partial charge in [-0.15, -0.1) is 0 Å². The fourth-order valence-electron chi connectivity index (χ4n) is 3.62. The van der Waals surface area contributed by atoms with Crippen molar-refractivity contribution in [2.75, 3.05) is 59.4 Å². The van der Waals surface area contributed by atoms with Gasteiger partial charge in [0, 0.05) is 26.7 Å². The molecule has 2 N–H and O–H groups in total. The van der Waals surface area contributed by atoms with E-state index in [2.05, 4.69) is 39.3 Å². The van der Waals surface area contributed by atoms with Crippen molar-refractivity contribution >= 4 is 5.96 Å². The minimum Gasteiger partial charge on any atom is -0.356 e. The maximum absolute atomic E-state index is 4.35. The molecule has 2 fully saturated rings. The maximum Gasteiger partial charge on any atom is 0.190 e. The second kappa shape index (κ2) is 10.1. The average molecular weight is 324 g/mol.